The first-order chi connectivity index (χ1) is 34.6. The molecule has 0 aromatic heterocycles. The summed E-state index contributed by atoms with van der Waals surface area (Å²) in [6.45, 7) is 15.2. The molecule has 4 saturated carbocycles. The SMILES string of the molecule is CC1(C)[C@@H](O[C@H]2O[C@H](C(=O)O)[C@@H](O)[C@H](O)[C@H]2O[C@@H]2O[C@H](C(=O)O)[C@@H](O)[C@H](O)[C@H]2O)CC[C@]2(C)[C@H]3C(=O)C=C4[C@@H]5C[C@@](C)(C(=O)O)CC[C@]5(C)CC[C@@]4(C)[C@]3(C)CC[C@@H]12.NCCCC(N)C(=O)NC(CC(=O)O)C(=O)O. The summed E-state index contributed by atoms with van der Waals surface area (Å²) in [5.41, 5.74) is 8.90. The highest BCUT2D eigenvalue weighted by molar-refractivity contribution is 5.96. The van der Waals surface area contributed by atoms with E-state index >= 15 is 0 Å². The maximum absolute atomic E-state index is 14.8. The maximum Gasteiger partial charge on any atom is 0.335 e. The average Bonchev–Trinajstić information content (AvgIpc) is 3.31. The van der Waals surface area contributed by atoms with Crippen LogP contribution in [0, 0.1) is 50.2 Å². The first kappa shape index (κ1) is 60.0. The van der Waals surface area contributed by atoms with Gasteiger partial charge in [-0.2, -0.15) is 0 Å². The van der Waals surface area contributed by atoms with E-state index in [0.29, 0.717) is 45.1 Å². The molecule has 15 N–H and O–H groups in total. The van der Waals surface area contributed by atoms with E-state index in [0.717, 1.165) is 37.7 Å². The van der Waals surface area contributed by atoms with Crippen LogP contribution in [0.5, 0.6) is 0 Å². The molecule has 0 spiro atoms. The number of ketones is 1. The van der Waals surface area contributed by atoms with Crippen molar-refractivity contribution in [3.05, 3.63) is 11.6 Å². The van der Waals surface area contributed by atoms with Gasteiger partial charge in [-0.05, 0) is 129 Å². The number of amides is 1. The number of hydrogen-bond donors (Lipinski definition) is 13. The maximum atomic E-state index is 14.8. The first-order valence-electron chi connectivity index (χ1n) is 25.8. The highest BCUT2D eigenvalue weighted by Gasteiger charge is 2.71. The van der Waals surface area contributed by atoms with Gasteiger partial charge in [0.1, 0.15) is 42.7 Å². The van der Waals surface area contributed by atoms with Gasteiger partial charge in [0.25, 0.3) is 0 Å². The van der Waals surface area contributed by atoms with Crippen LogP contribution in [0.4, 0.5) is 0 Å². The number of allylic oxidation sites excluding steroid dienone is 2. The van der Waals surface area contributed by atoms with Gasteiger partial charge in [0.15, 0.2) is 30.6 Å². The van der Waals surface area contributed by atoms with Gasteiger partial charge in [-0.25, -0.2) is 14.4 Å². The third kappa shape index (κ3) is 10.9. The number of aliphatic carboxylic acids is 5. The fourth-order valence-electron chi connectivity index (χ4n) is 14.5. The summed E-state index contributed by atoms with van der Waals surface area (Å²) in [4.78, 5) is 83.8. The Morgan fingerprint density at radius 2 is 1.33 bits per heavy atom. The molecule has 2 heterocycles. The predicted molar refractivity (Wildman–Crippen MR) is 258 cm³/mol. The molecule has 0 aromatic rings. The van der Waals surface area contributed by atoms with Crippen LogP contribution in [0.25, 0.3) is 0 Å². The number of fused-ring (bicyclic) bond motifs is 7. The Morgan fingerprint density at radius 1 is 0.747 bits per heavy atom. The van der Waals surface area contributed by atoms with Crippen LogP contribution in [0.1, 0.15) is 126 Å². The molecule has 5 aliphatic carbocycles. The Bertz CT molecular complexity index is 2250. The third-order valence-electron chi connectivity index (χ3n) is 19.3. The van der Waals surface area contributed by atoms with Gasteiger partial charge in [0, 0.05) is 5.92 Å². The van der Waals surface area contributed by atoms with Crippen molar-refractivity contribution in [3.8, 4) is 0 Å². The minimum atomic E-state index is -2.05. The predicted octanol–water partition coefficient (Wildman–Crippen LogP) is 0.342. The van der Waals surface area contributed by atoms with Crippen molar-refractivity contribution in [1.29, 1.82) is 0 Å². The van der Waals surface area contributed by atoms with Crippen molar-refractivity contribution in [2.75, 3.05) is 6.54 Å². The molecule has 2 unspecified atom stereocenters. The van der Waals surface area contributed by atoms with E-state index < -0.39 is 143 Å². The normalized spacial score (nSPS) is 43.8. The number of aliphatic hydroxyl groups is 5. The second-order valence-electron chi connectivity index (χ2n) is 24.2. The standard InChI is InChI=1S/C42H62O16.C9H17N3O5/c1-37(2)21-8-11-42(7)31(20(43)16-18-19-17-39(4,36(53)54)13-12-38(19,3)14-15-41(18,42)6)40(21,5)10-9-22(37)55-35-30(26(47)25(46)29(57-35)33(51)52)58-34-27(48)23(44)24(45)28(56-34)32(49)50;10-3-1-2-5(11)8(15)12-6(9(16)17)4-7(13)14/h16,19,21-31,34-35,44-48H,8-15,17H2,1-7H3,(H,49,50)(H,51,52)(H,53,54);5-6H,1-4,10-11H2,(H,12,15)(H,13,14)(H,16,17)/t19-,21-,22-,23-,24-,25-,26-,27+,28-,29-,30+,31+,34-,35-,38+,39-,40-,41+,42+;/m0./s1. The second kappa shape index (κ2) is 21.9. The minimum absolute atomic E-state index is 0.0217. The topological polar surface area (TPSA) is 423 Å². The molecule has 0 bridgehead atoms. The van der Waals surface area contributed by atoms with Crippen LogP contribution in [0.15, 0.2) is 11.6 Å². The van der Waals surface area contributed by atoms with Gasteiger partial charge < -0.3 is 86.8 Å². The zero-order chi connectivity index (χ0) is 56.3. The largest absolute Gasteiger partial charge is 0.481 e. The van der Waals surface area contributed by atoms with Crippen molar-refractivity contribution in [1.82, 2.24) is 5.32 Å². The van der Waals surface area contributed by atoms with Crippen molar-refractivity contribution >= 4 is 41.5 Å². The molecule has 75 heavy (non-hydrogen) atoms. The molecule has 6 fully saturated rings. The number of carbonyl (C=O) groups is 7. The number of nitrogens with two attached hydrogens (primary N) is 2. The number of nitrogens with one attached hydrogen (secondary N) is 1. The molecule has 1 amide bonds. The van der Waals surface area contributed by atoms with Crippen molar-refractivity contribution in [2.24, 2.45) is 61.7 Å². The number of hydrogen-bond acceptors (Lipinski definition) is 18. The fraction of sp³-hybridized carbons (Fsp3) is 0.824. The van der Waals surface area contributed by atoms with E-state index in [4.69, 9.17) is 40.6 Å². The lowest BCUT2D eigenvalue weighted by Crippen LogP contribution is -2.68. The molecular formula is C51H79N3O21. The van der Waals surface area contributed by atoms with E-state index in [1.165, 1.54) is 0 Å². The number of ether oxygens (including phenoxy) is 4. The number of rotatable bonds is 15. The van der Waals surface area contributed by atoms with E-state index in [-0.39, 0.29) is 34.4 Å². The summed E-state index contributed by atoms with van der Waals surface area (Å²) in [6.07, 6.45) is -12.1. The molecule has 424 valence electrons. The van der Waals surface area contributed by atoms with Crippen molar-refractivity contribution in [3.63, 3.8) is 0 Å². The minimum Gasteiger partial charge on any atom is -0.481 e. The Labute approximate surface area is 434 Å². The van der Waals surface area contributed by atoms with E-state index in [2.05, 4.69) is 33.0 Å². The molecule has 2 aliphatic heterocycles. The quantitative estimate of drug-likeness (QED) is 0.0984. The molecule has 2 saturated heterocycles. The summed E-state index contributed by atoms with van der Waals surface area (Å²) in [6, 6.07) is -2.35. The van der Waals surface area contributed by atoms with E-state index in [9.17, 15) is 74.4 Å². The zero-order valence-electron chi connectivity index (χ0n) is 43.6. The Kier molecular flexibility index (Phi) is 17.5. The van der Waals surface area contributed by atoms with E-state index in [1.807, 2.05) is 26.8 Å². The van der Waals surface area contributed by atoms with Gasteiger partial charge in [0.2, 0.25) is 5.91 Å². The molecule has 0 aromatic carbocycles. The summed E-state index contributed by atoms with van der Waals surface area (Å²) in [7, 11) is 0. The van der Waals surface area contributed by atoms with Gasteiger partial charge in [-0.15, -0.1) is 0 Å². The lowest BCUT2D eigenvalue weighted by atomic mass is 9.33. The molecule has 0 radical (unpaired) electrons. The highest BCUT2D eigenvalue weighted by Crippen LogP contribution is 2.75. The lowest BCUT2D eigenvalue weighted by Gasteiger charge is -2.70. The van der Waals surface area contributed by atoms with Gasteiger partial charge in [-0.1, -0.05) is 47.1 Å². The van der Waals surface area contributed by atoms with E-state index in [1.54, 1.807) is 0 Å². The van der Waals surface area contributed by atoms with Crippen LogP contribution >= 0.6 is 0 Å². The van der Waals surface area contributed by atoms with Crippen molar-refractivity contribution < 1.29 is 104 Å². The van der Waals surface area contributed by atoms with Gasteiger partial charge in [0.05, 0.1) is 24.0 Å². The number of carboxylic acids is 5. The van der Waals surface area contributed by atoms with Crippen LogP contribution in [0.2, 0.25) is 0 Å². The summed E-state index contributed by atoms with van der Waals surface area (Å²) < 4.78 is 23.4. The molecule has 21 atom stereocenters. The first-order valence-corrected chi connectivity index (χ1v) is 25.8. The highest BCUT2D eigenvalue weighted by atomic mass is 16.8. The number of carbonyl (C=O) groups excluding carboxylic acids is 2. The monoisotopic (exact) mass is 1070 g/mol. The number of carboxylic acid groups (broad SMARTS) is 5. The molecule has 7 rings (SSSR count). The van der Waals surface area contributed by atoms with Gasteiger partial charge in [-0.3, -0.25) is 19.2 Å². The zero-order valence-corrected chi connectivity index (χ0v) is 43.6. The molecule has 24 nitrogen and oxygen atoms in total. The fourth-order valence-corrected chi connectivity index (χ4v) is 14.5. The van der Waals surface area contributed by atoms with Crippen LogP contribution in [-0.4, -0.2) is 179 Å². The number of aliphatic hydroxyl groups excluding tert-OH is 5. The Morgan fingerprint density at radius 3 is 1.89 bits per heavy atom. The molecular weight excluding hydrogens is 991 g/mol. The van der Waals surface area contributed by atoms with Crippen LogP contribution in [-0.2, 0) is 52.5 Å². The Balaban J connectivity index is 0.000000462. The van der Waals surface area contributed by atoms with Gasteiger partial charge >= 0.3 is 29.8 Å². The molecule has 7 aliphatic rings. The average molecular weight is 1070 g/mol. The Hall–Kier alpha value is -4.21. The summed E-state index contributed by atoms with van der Waals surface area (Å²) in [5, 5.41) is 102. The van der Waals surface area contributed by atoms with Crippen molar-refractivity contribution in [2.45, 2.75) is 205 Å². The summed E-state index contributed by atoms with van der Waals surface area (Å²) in [5.74, 6) is -7.88. The lowest BCUT2D eigenvalue weighted by molar-refractivity contribution is -0.371. The second-order valence-corrected chi connectivity index (χ2v) is 24.2. The van der Waals surface area contributed by atoms with Crippen LogP contribution < -0.4 is 16.8 Å². The molecule has 24 heteroatoms. The smallest absolute Gasteiger partial charge is 0.335 e. The van der Waals surface area contributed by atoms with Crippen LogP contribution in [0.3, 0.4) is 0 Å². The third-order valence-corrected chi connectivity index (χ3v) is 19.3. The summed E-state index contributed by atoms with van der Waals surface area (Å²) >= 11 is 0.